The molecule has 0 spiro atoms. The van der Waals surface area contributed by atoms with Gasteiger partial charge < -0.3 is 19.7 Å². The van der Waals surface area contributed by atoms with Crippen molar-refractivity contribution in [2.45, 2.75) is 44.3 Å². The van der Waals surface area contributed by atoms with Crippen LogP contribution in [-0.2, 0) is 9.53 Å². The van der Waals surface area contributed by atoms with Gasteiger partial charge in [-0.1, -0.05) is 17.7 Å². The molecule has 0 aromatic heterocycles. The van der Waals surface area contributed by atoms with Crippen molar-refractivity contribution in [2.75, 3.05) is 33.3 Å². The van der Waals surface area contributed by atoms with Crippen LogP contribution in [0.25, 0.3) is 0 Å². The highest BCUT2D eigenvalue weighted by Gasteiger charge is 2.43. The average molecular weight is 332 g/mol. The Morgan fingerprint density at radius 2 is 1.79 bits per heavy atom. The molecule has 3 rings (SSSR count). The summed E-state index contributed by atoms with van der Waals surface area (Å²) in [6.45, 7) is 5.24. The summed E-state index contributed by atoms with van der Waals surface area (Å²) >= 11 is 0. The van der Waals surface area contributed by atoms with Crippen LogP contribution in [-0.4, -0.2) is 55.8 Å². The van der Waals surface area contributed by atoms with Gasteiger partial charge in [0.25, 0.3) is 5.91 Å². The van der Waals surface area contributed by atoms with E-state index in [0.717, 1.165) is 57.6 Å². The maximum Gasteiger partial charge on any atom is 0.254 e. The summed E-state index contributed by atoms with van der Waals surface area (Å²) in [4.78, 5) is 14.9. The number of nitrogens with zero attached hydrogens (tertiary/aromatic N) is 1. The molecule has 1 N–H and O–H groups in total. The first kappa shape index (κ1) is 17.2. The zero-order chi connectivity index (χ0) is 17.0. The first-order chi connectivity index (χ1) is 11.6. The van der Waals surface area contributed by atoms with Crippen molar-refractivity contribution in [1.29, 1.82) is 0 Å². The molecule has 1 amide bonds. The molecule has 5 heteroatoms. The minimum absolute atomic E-state index is 0.153. The van der Waals surface area contributed by atoms with Crippen molar-refractivity contribution in [2.24, 2.45) is 0 Å². The average Bonchev–Trinajstić information content (AvgIpc) is 2.64. The number of nitrogens with one attached hydrogen (secondary N) is 1. The van der Waals surface area contributed by atoms with Crippen molar-refractivity contribution in [1.82, 2.24) is 10.2 Å². The Morgan fingerprint density at radius 1 is 1.17 bits per heavy atom. The van der Waals surface area contributed by atoms with E-state index in [1.54, 1.807) is 7.11 Å². The van der Waals surface area contributed by atoms with Crippen molar-refractivity contribution < 1.29 is 14.3 Å². The number of aryl methyl sites for hydroxylation is 1. The molecular weight excluding hydrogens is 304 g/mol. The van der Waals surface area contributed by atoms with E-state index in [-0.39, 0.29) is 12.0 Å². The predicted octanol–water partition coefficient (Wildman–Crippen LogP) is 2.13. The highest BCUT2D eigenvalue weighted by atomic mass is 16.5. The molecule has 0 aliphatic carbocycles. The molecule has 2 fully saturated rings. The van der Waals surface area contributed by atoms with Crippen molar-refractivity contribution in [3.05, 3.63) is 29.8 Å². The first-order valence-corrected chi connectivity index (χ1v) is 8.91. The van der Waals surface area contributed by atoms with E-state index < -0.39 is 5.60 Å². The van der Waals surface area contributed by atoms with Crippen LogP contribution < -0.4 is 10.1 Å². The molecule has 0 saturated carbocycles. The van der Waals surface area contributed by atoms with Crippen LogP contribution in [0.4, 0.5) is 0 Å². The van der Waals surface area contributed by atoms with Gasteiger partial charge in [0.2, 0.25) is 0 Å². The monoisotopic (exact) mass is 332 g/mol. The van der Waals surface area contributed by atoms with Gasteiger partial charge in [-0.2, -0.15) is 0 Å². The predicted molar refractivity (Wildman–Crippen MR) is 93.3 cm³/mol. The minimum atomic E-state index is -0.629. The number of carbonyl (C=O) groups is 1. The van der Waals surface area contributed by atoms with Gasteiger partial charge >= 0.3 is 0 Å². The smallest absolute Gasteiger partial charge is 0.254 e. The number of carbonyl (C=O) groups excluding carboxylic acids is 1. The van der Waals surface area contributed by atoms with Gasteiger partial charge in [0, 0.05) is 33.0 Å². The third-order valence-electron chi connectivity index (χ3n) is 5.24. The lowest BCUT2D eigenvalue weighted by Gasteiger charge is -2.41. The Labute approximate surface area is 144 Å². The molecule has 0 atom stereocenters. The van der Waals surface area contributed by atoms with Gasteiger partial charge in [-0.25, -0.2) is 0 Å². The number of ether oxygens (including phenoxy) is 2. The number of hydrogen-bond acceptors (Lipinski definition) is 4. The molecular formula is C19H28N2O3. The minimum Gasteiger partial charge on any atom is -0.490 e. The van der Waals surface area contributed by atoms with Crippen LogP contribution in [0.5, 0.6) is 5.75 Å². The number of piperidine rings is 2. The van der Waals surface area contributed by atoms with Gasteiger partial charge in [-0.3, -0.25) is 4.79 Å². The van der Waals surface area contributed by atoms with Crippen LogP contribution in [0.1, 0.15) is 31.2 Å². The van der Waals surface area contributed by atoms with Crippen LogP contribution in [0.3, 0.4) is 0 Å². The topological polar surface area (TPSA) is 50.8 Å². The second-order valence-electron chi connectivity index (χ2n) is 6.87. The molecule has 5 nitrogen and oxygen atoms in total. The van der Waals surface area contributed by atoms with E-state index in [1.807, 2.05) is 17.0 Å². The van der Waals surface area contributed by atoms with Gasteiger partial charge in [0.1, 0.15) is 17.5 Å². The van der Waals surface area contributed by atoms with E-state index in [9.17, 15) is 4.79 Å². The van der Waals surface area contributed by atoms with E-state index in [2.05, 4.69) is 24.4 Å². The third-order valence-corrected chi connectivity index (χ3v) is 5.24. The van der Waals surface area contributed by atoms with Gasteiger partial charge in [-0.15, -0.1) is 0 Å². The summed E-state index contributed by atoms with van der Waals surface area (Å²) < 4.78 is 11.7. The second-order valence-corrected chi connectivity index (χ2v) is 6.87. The number of methoxy groups -OCH3 is 1. The van der Waals surface area contributed by atoms with Crippen LogP contribution in [0, 0.1) is 6.92 Å². The first-order valence-electron chi connectivity index (χ1n) is 8.91. The van der Waals surface area contributed by atoms with E-state index in [4.69, 9.17) is 9.47 Å². The Morgan fingerprint density at radius 3 is 2.38 bits per heavy atom. The molecule has 132 valence electrons. The number of hydrogen-bond donors (Lipinski definition) is 1. The summed E-state index contributed by atoms with van der Waals surface area (Å²) in [5.41, 5.74) is 0.602. The van der Waals surface area contributed by atoms with Gasteiger partial charge in [-0.05, 0) is 45.0 Å². The van der Waals surface area contributed by atoms with Crippen LogP contribution in [0.15, 0.2) is 24.3 Å². The van der Waals surface area contributed by atoms with E-state index >= 15 is 0 Å². The summed E-state index contributed by atoms with van der Waals surface area (Å²) in [5, 5.41) is 3.30. The normalized spacial score (nSPS) is 21.5. The SMILES string of the molecule is COC1(C(=O)N2CCC(Oc3ccc(C)cc3)CC2)CCNCC1. The van der Waals surface area contributed by atoms with Crippen molar-refractivity contribution in [3.8, 4) is 5.75 Å². The zero-order valence-electron chi connectivity index (χ0n) is 14.7. The molecule has 2 aliphatic heterocycles. The second kappa shape index (κ2) is 7.53. The highest BCUT2D eigenvalue weighted by Crippen LogP contribution is 2.27. The standard InChI is InChI=1S/C19H28N2O3/c1-15-3-5-16(6-4-15)24-17-7-13-21(14-8-17)18(22)19(23-2)9-11-20-12-10-19/h3-6,17,20H,7-14H2,1-2H3. The Hall–Kier alpha value is -1.59. The molecule has 1 aromatic carbocycles. The third kappa shape index (κ3) is 3.73. The molecule has 0 bridgehead atoms. The number of amides is 1. The van der Waals surface area contributed by atoms with Crippen molar-refractivity contribution in [3.63, 3.8) is 0 Å². The highest BCUT2D eigenvalue weighted by molar-refractivity contribution is 5.85. The van der Waals surface area contributed by atoms with Crippen molar-refractivity contribution >= 4 is 5.91 Å². The lowest BCUT2D eigenvalue weighted by Crippen LogP contribution is -2.57. The molecule has 2 heterocycles. The quantitative estimate of drug-likeness (QED) is 0.918. The van der Waals surface area contributed by atoms with E-state index in [0.29, 0.717) is 0 Å². The Bertz CT molecular complexity index is 544. The van der Waals surface area contributed by atoms with Crippen LogP contribution in [0.2, 0.25) is 0 Å². The molecule has 24 heavy (non-hydrogen) atoms. The maximum absolute atomic E-state index is 12.9. The number of likely N-dealkylation sites (tertiary alicyclic amines) is 1. The lowest BCUT2D eigenvalue weighted by atomic mass is 9.89. The van der Waals surface area contributed by atoms with Gasteiger partial charge in [0.05, 0.1) is 0 Å². The fourth-order valence-corrected chi connectivity index (χ4v) is 3.61. The lowest BCUT2D eigenvalue weighted by molar-refractivity contribution is -0.160. The molecule has 1 aromatic rings. The largest absolute Gasteiger partial charge is 0.490 e. The Balaban J connectivity index is 1.54. The number of rotatable bonds is 4. The Kier molecular flexibility index (Phi) is 5.41. The zero-order valence-corrected chi connectivity index (χ0v) is 14.7. The van der Waals surface area contributed by atoms with E-state index in [1.165, 1.54) is 5.56 Å². The summed E-state index contributed by atoms with van der Waals surface area (Å²) in [6, 6.07) is 8.16. The maximum atomic E-state index is 12.9. The fourth-order valence-electron chi connectivity index (χ4n) is 3.61. The molecule has 0 unspecified atom stereocenters. The molecule has 0 radical (unpaired) electrons. The fraction of sp³-hybridized carbons (Fsp3) is 0.632. The van der Waals surface area contributed by atoms with Gasteiger partial charge in [0.15, 0.2) is 0 Å². The summed E-state index contributed by atoms with van der Waals surface area (Å²) in [5.74, 6) is 1.07. The summed E-state index contributed by atoms with van der Waals surface area (Å²) in [7, 11) is 1.66. The summed E-state index contributed by atoms with van der Waals surface area (Å²) in [6.07, 6.45) is 3.43. The van der Waals surface area contributed by atoms with Crippen LogP contribution >= 0.6 is 0 Å². The molecule has 2 aliphatic rings. The molecule has 2 saturated heterocycles. The number of benzene rings is 1.